The van der Waals surface area contributed by atoms with E-state index >= 15 is 0 Å². The molecule has 1 unspecified atom stereocenters. The van der Waals surface area contributed by atoms with Crippen molar-refractivity contribution >= 4 is 5.91 Å². The number of halogens is 3. The molecule has 0 radical (unpaired) electrons. The molecule has 1 heterocycles. The van der Waals surface area contributed by atoms with Gasteiger partial charge in [0, 0.05) is 24.7 Å². The summed E-state index contributed by atoms with van der Waals surface area (Å²) in [6.07, 6.45) is 3.35. The van der Waals surface area contributed by atoms with Crippen molar-refractivity contribution in [2.45, 2.75) is 31.7 Å². The van der Waals surface area contributed by atoms with Gasteiger partial charge < -0.3 is 10.2 Å². The summed E-state index contributed by atoms with van der Waals surface area (Å²) in [6.45, 7) is 1.20. The van der Waals surface area contributed by atoms with E-state index < -0.39 is 28.9 Å². The molecule has 2 rings (SSSR count). The van der Waals surface area contributed by atoms with Crippen LogP contribution in [0.5, 0.6) is 0 Å². The predicted molar refractivity (Wildman–Crippen MR) is 73.5 cm³/mol. The Morgan fingerprint density at radius 3 is 2.57 bits per heavy atom. The minimum absolute atomic E-state index is 0.0393. The molecule has 0 saturated carbocycles. The largest absolute Gasteiger partial charge is 0.335 e. The van der Waals surface area contributed by atoms with Gasteiger partial charge in [-0.3, -0.25) is 4.79 Å². The van der Waals surface area contributed by atoms with Crippen LogP contribution in [0.3, 0.4) is 0 Å². The third kappa shape index (κ3) is 3.56. The van der Waals surface area contributed by atoms with Crippen LogP contribution in [0.4, 0.5) is 13.2 Å². The molecule has 1 aliphatic rings. The first-order valence-corrected chi connectivity index (χ1v) is 7.14. The Morgan fingerprint density at radius 2 is 1.95 bits per heavy atom. The van der Waals surface area contributed by atoms with E-state index in [4.69, 9.17) is 0 Å². The van der Waals surface area contributed by atoms with Gasteiger partial charge >= 0.3 is 0 Å². The van der Waals surface area contributed by atoms with E-state index in [1.54, 1.807) is 0 Å². The van der Waals surface area contributed by atoms with E-state index in [0.717, 1.165) is 32.2 Å². The summed E-state index contributed by atoms with van der Waals surface area (Å²) in [5, 5.41) is 3.01. The van der Waals surface area contributed by atoms with Crippen LogP contribution in [0.2, 0.25) is 0 Å². The molecule has 0 bridgehead atoms. The summed E-state index contributed by atoms with van der Waals surface area (Å²) in [6, 6.07) is 1.05. The molecule has 1 atom stereocenters. The van der Waals surface area contributed by atoms with Crippen molar-refractivity contribution in [3.8, 4) is 0 Å². The fraction of sp³-hybridized carbons (Fsp3) is 0.533. The van der Waals surface area contributed by atoms with Crippen LogP contribution < -0.4 is 5.32 Å². The molecule has 6 heteroatoms. The molecule has 116 valence electrons. The molecule has 1 fully saturated rings. The average Bonchev–Trinajstić information content (AvgIpc) is 2.44. The Kier molecular flexibility index (Phi) is 5.22. The second-order valence-electron chi connectivity index (χ2n) is 5.28. The third-order valence-electron chi connectivity index (χ3n) is 3.84. The molecule has 0 aliphatic carbocycles. The molecule has 1 amide bonds. The zero-order chi connectivity index (χ0) is 15.4. The van der Waals surface area contributed by atoms with Crippen LogP contribution in [-0.2, 0) is 0 Å². The van der Waals surface area contributed by atoms with Crippen molar-refractivity contribution in [1.82, 2.24) is 10.2 Å². The maximum absolute atomic E-state index is 13.8. The number of nitrogens with zero attached hydrogens (tertiary/aromatic N) is 1. The summed E-state index contributed by atoms with van der Waals surface area (Å²) >= 11 is 0. The summed E-state index contributed by atoms with van der Waals surface area (Å²) in [4.78, 5) is 13.9. The number of benzene rings is 1. The zero-order valence-electron chi connectivity index (χ0n) is 12.0. The van der Waals surface area contributed by atoms with Crippen molar-refractivity contribution in [1.29, 1.82) is 0 Å². The van der Waals surface area contributed by atoms with Gasteiger partial charge in [-0.25, -0.2) is 13.2 Å². The number of carbonyl (C=O) groups excluding carboxylic acids is 1. The van der Waals surface area contributed by atoms with Gasteiger partial charge in [-0.05, 0) is 39.3 Å². The molecular weight excluding hydrogens is 281 g/mol. The number of hydrogen-bond acceptors (Lipinski definition) is 2. The minimum Gasteiger partial charge on any atom is -0.335 e. The summed E-state index contributed by atoms with van der Waals surface area (Å²) in [5.74, 6) is -4.00. The van der Waals surface area contributed by atoms with E-state index in [-0.39, 0.29) is 6.04 Å². The van der Waals surface area contributed by atoms with Crippen LogP contribution in [-0.4, -0.2) is 37.0 Å². The predicted octanol–water partition coefficient (Wildman–Crippen LogP) is 2.71. The lowest BCUT2D eigenvalue weighted by Gasteiger charge is -2.36. The zero-order valence-corrected chi connectivity index (χ0v) is 12.0. The van der Waals surface area contributed by atoms with E-state index in [9.17, 15) is 18.0 Å². The highest BCUT2D eigenvalue weighted by Gasteiger charge is 2.30. The van der Waals surface area contributed by atoms with Gasteiger partial charge in [0.2, 0.25) is 0 Å². The van der Waals surface area contributed by atoms with Crippen molar-refractivity contribution in [3.63, 3.8) is 0 Å². The number of likely N-dealkylation sites (tertiary alicyclic amines) is 1. The van der Waals surface area contributed by atoms with Crippen molar-refractivity contribution in [3.05, 3.63) is 35.1 Å². The highest BCUT2D eigenvalue weighted by Crippen LogP contribution is 2.24. The van der Waals surface area contributed by atoms with Crippen LogP contribution in [0.25, 0.3) is 0 Å². The Bertz CT molecular complexity index is 499. The van der Waals surface area contributed by atoms with Crippen molar-refractivity contribution in [2.24, 2.45) is 0 Å². The fourth-order valence-electron chi connectivity index (χ4n) is 2.77. The van der Waals surface area contributed by atoms with Crippen LogP contribution in [0.1, 0.15) is 36.0 Å². The average molecular weight is 300 g/mol. The highest BCUT2D eigenvalue weighted by atomic mass is 19.1. The molecule has 3 nitrogen and oxygen atoms in total. The topological polar surface area (TPSA) is 32.3 Å². The Hall–Kier alpha value is -1.56. The lowest BCUT2D eigenvalue weighted by atomic mass is 9.98. The number of amides is 1. The quantitative estimate of drug-likeness (QED) is 0.927. The number of rotatable bonds is 4. The molecule has 1 aromatic carbocycles. The molecule has 21 heavy (non-hydrogen) atoms. The Labute approximate surface area is 122 Å². The smallest absolute Gasteiger partial charge is 0.260 e. The summed E-state index contributed by atoms with van der Waals surface area (Å²) in [7, 11) is 1.81. The molecule has 0 spiro atoms. The van der Waals surface area contributed by atoms with Crippen LogP contribution >= 0.6 is 0 Å². The molecule has 1 saturated heterocycles. The van der Waals surface area contributed by atoms with E-state index in [1.165, 1.54) is 4.90 Å². The first kappa shape index (κ1) is 15.8. The van der Waals surface area contributed by atoms with Gasteiger partial charge in [0.05, 0.1) is 0 Å². The SMILES string of the molecule is CNCCC1CCCCN1C(=O)c1c(F)cc(F)cc1F. The Balaban J connectivity index is 2.24. The molecule has 1 N–H and O–H groups in total. The number of nitrogens with one attached hydrogen (secondary N) is 1. The van der Waals surface area contributed by atoms with E-state index in [0.29, 0.717) is 18.7 Å². The third-order valence-corrected chi connectivity index (χ3v) is 3.84. The highest BCUT2D eigenvalue weighted by molar-refractivity contribution is 5.95. The standard InChI is InChI=1S/C15H19F3N2O/c1-19-6-5-11-4-2-3-7-20(11)15(21)14-12(17)8-10(16)9-13(14)18/h8-9,11,19H,2-7H2,1H3. The van der Waals surface area contributed by atoms with Crippen LogP contribution in [0, 0.1) is 17.5 Å². The number of hydrogen-bond donors (Lipinski definition) is 1. The van der Waals surface area contributed by atoms with E-state index in [1.807, 2.05) is 7.05 Å². The number of carbonyl (C=O) groups is 1. The molecule has 1 aliphatic heterocycles. The van der Waals surface area contributed by atoms with Gasteiger partial charge in [0.15, 0.2) is 0 Å². The summed E-state index contributed by atoms with van der Waals surface area (Å²) < 4.78 is 40.5. The monoisotopic (exact) mass is 300 g/mol. The Morgan fingerprint density at radius 1 is 1.29 bits per heavy atom. The van der Waals surface area contributed by atoms with Crippen molar-refractivity contribution < 1.29 is 18.0 Å². The lowest BCUT2D eigenvalue weighted by Crippen LogP contribution is -2.45. The maximum Gasteiger partial charge on any atom is 0.260 e. The second-order valence-corrected chi connectivity index (χ2v) is 5.28. The van der Waals surface area contributed by atoms with Crippen LogP contribution in [0.15, 0.2) is 12.1 Å². The molecular formula is C15H19F3N2O. The first-order chi connectivity index (χ1) is 10.0. The number of piperidine rings is 1. The van der Waals surface area contributed by atoms with Gasteiger partial charge in [-0.2, -0.15) is 0 Å². The van der Waals surface area contributed by atoms with Gasteiger partial charge in [0.1, 0.15) is 23.0 Å². The lowest BCUT2D eigenvalue weighted by molar-refractivity contribution is 0.0592. The van der Waals surface area contributed by atoms with Gasteiger partial charge in [-0.15, -0.1) is 0 Å². The minimum atomic E-state index is -1.14. The maximum atomic E-state index is 13.8. The fourth-order valence-corrected chi connectivity index (χ4v) is 2.77. The van der Waals surface area contributed by atoms with Gasteiger partial charge in [0.25, 0.3) is 5.91 Å². The second kappa shape index (κ2) is 6.93. The van der Waals surface area contributed by atoms with Gasteiger partial charge in [-0.1, -0.05) is 0 Å². The van der Waals surface area contributed by atoms with Crippen molar-refractivity contribution in [2.75, 3.05) is 20.1 Å². The molecule has 1 aromatic rings. The normalized spacial score (nSPS) is 18.9. The first-order valence-electron chi connectivity index (χ1n) is 7.14. The van der Waals surface area contributed by atoms with E-state index in [2.05, 4.69) is 5.32 Å². The summed E-state index contributed by atoms with van der Waals surface area (Å²) in [5.41, 5.74) is -0.659. The molecule has 0 aromatic heterocycles.